The van der Waals surface area contributed by atoms with E-state index in [0.29, 0.717) is 6.04 Å². The van der Waals surface area contributed by atoms with Gasteiger partial charge in [-0.15, -0.1) is 0 Å². The van der Waals surface area contributed by atoms with Gasteiger partial charge in [-0.3, -0.25) is 4.68 Å². The lowest BCUT2D eigenvalue weighted by atomic mass is 10.1. The van der Waals surface area contributed by atoms with Gasteiger partial charge in [0.05, 0.1) is 12.2 Å². The fourth-order valence-electron chi connectivity index (χ4n) is 2.32. The fourth-order valence-corrected chi connectivity index (χ4v) is 2.32. The molecule has 18 heavy (non-hydrogen) atoms. The maximum atomic E-state index is 5.64. The van der Waals surface area contributed by atoms with Crippen LogP contribution >= 0.6 is 0 Å². The Morgan fingerprint density at radius 3 is 3.17 bits per heavy atom. The maximum Gasteiger partial charge on any atom is 0.124 e. The topological polar surface area (TPSA) is 39.1 Å². The summed E-state index contributed by atoms with van der Waals surface area (Å²) in [6.45, 7) is 1.67. The number of ether oxygens (including phenoxy) is 1. The summed E-state index contributed by atoms with van der Waals surface area (Å²) in [5.41, 5.74) is 2.53. The Hall–Kier alpha value is -1.81. The van der Waals surface area contributed by atoms with Crippen LogP contribution in [0.3, 0.4) is 0 Å². The molecular formula is C14H17N3O. The summed E-state index contributed by atoms with van der Waals surface area (Å²) in [4.78, 5) is 0. The summed E-state index contributed by atoms with van der Waals surface area (Å²) in [6.07, 6.45) is 4.97. The van der Waals surface area contributed by atoms with E-state index in [1.165, 1.54) is 11.1 Å². The van der Waals surface area contributed by atoms with E-state index in [0.717, 1.165) is 25.3 Å². The average Bonchev–Trinajstić information content (AvgIpc) is 2.97. The summed E-state index contributed by atoms with van der Waals surface area (Å²) < 4.78 is 7.48. The molecule has 1 N–H and O–H groups in total. The fraction of sp³-hybridized carbons (Fsp3) is 0.357. The number of benzene rings is 1. The number of rotatable bonds is 4. The average molecular weight is 243 g/mol. The van der Waals surface area contributed by atoms with E-state index in [1.807, 2.05) is 30.1 Å². The number of fused-ring (bicyclic) bond motifs is 1. The Labute approximate surface area is 107 Å². The predicted octanol–water partition coefficient (Wildman–Crippen LogP) is 1.69. The Morgan fingerprint density at radius 1 is 1.44 bits per heavy atom. The standard InChI is InChI=1S/C14H17N3O/c1-17-9-11(8-16-17)6-7-15-13-10-18-14-5-3-2-4-12(13)14/h2-5,8-9,13,15H,6-7,10H2,1H3. The van der Waals surface area contributed by atoms with Gasteiger partial charge in [0.15, 0.2) is 0 Å². The van der Waals surface area contributed by atoms with Crippen molar-refractivity contribution in [2.24, 2.45) is 7.05 Å². The monoisotopic (exact) mass is 243 g/mol. The highest BCUT2D eigenvalue weighted by molar-refractivity contribution is 5.39. The number of para-hydroxylation sites is 1. The largest absolute Gasteiger partial charge is 0.491 e. The first-order chi connectivity index (χ1) is 8.83. The normalized spacial score (nSPS) is 17.5. The first-order valence-corrected chi connectivity index (χ1v) is 6.25. The molecule has 0 saturated carbocycles. The molecule has 2 heterocycles. The number of hydrogen-bond acceptors (Lipinski definition) is 3. The molecule has 1 aromatic heterocycles. The highest BCUT2D eigenvalue weighted by Crippen LogP contribution is 2.31. The van der Waals surface area contributed by atoms with E-state index in [-0.39, 0.29) is 0 Å². The molecule has 0 fully saturated rings. The molecule has 0 spiro atoms. The third-order valence-corrected chi connectivity index (χ3v) is 3.26. The second-order valence-corrected chi connectivity index (χ2v) is 4.63. The van der Waals surface area contributed by atoms with Crippen LogP contribution in [0.1, 0.15) is 17.2 Å². The molecule has 0 radical (unpaired) electrons. The Morgan fingerprint density at radius 2 is 2.33 bits per heavy atom. The van der Waals surface area contributed by atoms with Gasteiger partial charge in [0.2, 0.25) is 0 Å². The molecule has 94 valence electrons. The third-order valence-electron chi connectivity index (χ3n) is 3.26. The molecule has 1 aromatic carbocycles. The van der Waals surface area contributed by atoms with Crippen molar-refractivity contribution in [3.05, 3.63) is 47.8 Å². The van der Waals surface area contributed by atoms with Gasteiger partial charge in [-0.2, -0.15) is 5.10 Å². The molecule has 3 rings (SSSR count). The van der Waals surface area contributed by atoms with E-state index >= 15 is 0 Å². The number of aromatic nitrogens is 2. The van der Waals surface area contributed by atoms with Crippen LogP contribution in [0.5, 0.6) is 5.75 Å². The van der Waals surface area contributed by atoms with Crippen LogP contribution in [0.15, 0.2) is 36.7 Å². The highest BCUT2D eigenvalue weighted by atomic mass is 16.5. The lowest BCUT2D eigenvalue weighted by molar-refractivity contribution is 0.312. The third kappa shape index (κ3) is 2.24. The van der Waals surface area contributed by atoms with E-state index in [9.17, 15) is 0 Å². The minimum absolute atomic E-state index is 0.317. The van der Waals surface area contributed by atoms with E-state index in [2.05, 4.69) is 28.7 Å². The summed E-state index contributed by atoms with van der Waals surface area (Å²) in [5.74, 6) is 1.01. The van der Waals surface area contributed by atoms with Crippen molar-refractivity contribution in [3.63, 3.8) is 0 Å². The van der Waals surface area contributed by atoms with Gasteiger partial charge >= 0.3 is 0 Å². The van der Waals surface area contributed by atoms with Gasteiger partial charge in [0, 0.05) is 18.8 Å². The van der Waals surface area contributed by atoms with Gasteiger partial charge in [0.1, 0.15) is 12.4 Å². The van der Waals surface area contributed by atoms with Crippen LogP contribution in [0.2, 0.25) is 0 Å². The Balaban J connectivity index is 1.56. The van der Waals surface area contributed by atoms with Crippen molar-refractivity contribution in [2.45, 2.75) is 12.5 Å². The zero-order valence-electron chi connectivity index (χ0n) is 10.5. The number of nitrogens with zero attached hydrogens (tertiary/aromatic N) is 2. The van der Waals surface area contributed by atoms with Gasteiger partial charge in [-0.25, -0.2) is 0 Å². The van der Waals surface area contributed by atoms with Crippen LogP contribution in [-0.2, 0) is 13.5 Å². The van der Waals surface area contributed by atoms with E-state index in [1.54, 1.807) is 0 Å². The summed E-state index contributed by atoms with van der Waals surface area (Å²) in [5, 5.41) is 7.70. The zero-order chi connectivity index (χ0) is 12.4. The molecule has 0 bridgehead atoms. The van der Waals surface area contributed by atoms with E-state index in [4.69, 9.17) is 4.74 Å². The Kier molecular flexibility index (Phi) is 3.02. The molecule has 1 unspecified atom stereocenters. The molecule has 0 amide bonds. The molecular weight excluding hydrogens is 226 g/mol. The van der Waals surface area contributed by atoms with Gasteiger partial charge in [-0.1, -0.05) is 18.2 Å². The minimum Gasteiger partial charge on any atom is -0.491 e. The maximum absolute atomic E-state index is 5.64. The SMILES string of the molecule is Cn1cc(CCNC2COc3ccccc32)cn1. The van der Waals surface area contributed by atoms with Crippen molar-refractivity contribution in [1.82, 2.24) is 15.1 Å². The number of nitrogens with one attached hydrogen (secondary N) is 1. The minimum atomic E-state index is 0.317. The number of aryl methyl sites for hydroxylation is 1. The number of hydrogen-bond donors (Lipinski definition) is 1. The van der Waals surface area contributed by atoms with Crippen molar-refractivity contribution >= 4 is 0 Å². The van der Waals surface area contributed by atoms with Crippen molar-refractivity contribution in [1.29, 1.82) is 0 Å². The van der Waals surface area contributed by atoms with E-state index < -0.39 is 0 Å². The lowest BCUT2D eigenvalue weighted by Gasteiger charge is -2.10. The molecule has 1 aliphatic heterocycles. The molecule has 1 aliphatic rings. The van der Waals surface area contributed by atoms with Crippen LogP contribution in [0.4, 0.5) is 0 Å². The molecule has 4 nitrogen and oxygen atoms in total. The van der Waals surface area contributed by atoms with Gasteiger partial charge < -0.3 is 10.1 Å². The Bertz CT molecular complexity index is 535. The van der Waals surface area contributed by atoms with Crippen molar-refractivity contribution in [3.8, 4) is 5.75 Å². The molecule has 2 aromatic rings. The van der Waals surface area contributed by atoms with Gasteiger partial charge in [0.25, 0.3) is 0 Å². The van der Waals surface area contributed by atoms with Crippen molar-refractivity contribution in [2.75, 3.05) is 13.2 Å². The second-order valence-electron chi connectivity index (χ2n) is 4.63. The summed E-state index contributed by atoms with van der Waals surface area (Å²) in [7, 11) is 1.94. The quantitative estimate of drug-likeness (QED) is 0.888. The first kappa shape index (κ1) is 11.3. The molecule has 0 saturated heterocycles. The highest BCUT2D eigenvalue weighted by Gasteiger charge is 2.22. The van der Waals surface area contributed by atoms with Crippen LogP contribution < -0.4 is 10.1 Å². The zero-order valence-corrected chi connectivity index (χ0v) is 10.5. The van der Waals surface area contributed by atoms with Crippen molar-refractivity contribution < 1.29 is 4.74 Å². The second kappa shape index (κ2) is 4.82. The van der Waals surface area contributed by atoms with Crippen LogP contribution in [-0.4, -0.2) is 22.9 Å². The summed E-state index contributed by atoms with van der Waals surface area (Å²) >= 11 is 0. The molecule has 4 heteroatoms. The van der Waals surface area contributed by atoms with Crippen LogP contribution in [0.25, 0.3) is 0 Å². The smallest absolute Gasteiger partial charge is 0.124 e. The predicted molar refractivity (Wildman–Crippen MR) is 69.6 cm³/mol. The van der Waals surface area contributed by atoms with Gasteiger partial charge in [-0.05, 0) is 24.6 Å². The molecule has 1 atom stereocenters. The first-order valence-electron chi connectivity index (χ1n) is 6.25. The lowest BCUT2D eigenvalue weighted by Crippen LogP contribution is -2.24. The van der Waals surface area contributed by atoms with Crippen LogP contribution in [0, 0.1) is 0 Å². The summed E-state index contributed by atoms with van der Waals surface area (Å²) in [6, 6.07) is 8.54. The molecule has 0 aliphatic carbocycles.